The molecule has 140 valence electrons. The Balaban J connectivity index is 1.50. The van der Waals surface area contributed by atoms with Gasteiger partial charge in [-0.3, -0.25) is 14.6 Å². The van der Waals surface area contributed by atoms with E-state index in [1.165, 1.54) is 24.9 Å². The molecule has 1 unspecified atom stereocenters. The van der Waals surface area contributed by atoms with Gasteiger partial charge in [-0.15, -0.1) is 0 Å². The van der Waals surface area contributed by atoms with Crippen molar-refractivity contribution in [3.05, 3.63) is 54.4 Å². The summed E-state index contributed by atoms with van der Waals surface area (Å²) in [7, 11) is 0. The predicted molar refractivity (Wildman–Crippen MR) is 106 cm³/mol. The van der Waals surface area contributed by atoms with Gasteiger partial charge in [0.1, 0.15) is 0 Å². The van der Waals surface area contributed by atoms with Crippen LogP contribution < -0.4 is 10.6 Å². The average molecular weight is 355 g/mol. The summed E-state index contributed by atoms with van der Waals surface area (Å²) in [6.07, 6.45) is 6.27. The van der Waals surface area contributed by atoms with Gasteiger partial charge in [-0.25, -0.2) is 0 Å². The molecule has 0 radical (unpaired) electrons. The van der Waals surface area contributed by atoms with Crippen molar-refractivity contribution in [2.75, 3.05) is 26.2 Å². The Kier molecular flexibility index (Phi) is 7.07. The van der Waals surface area contributed by atoms with Gasteiger partial charge >= 0.3 is 0 Å². The Bertz CT molecular complexity index is 652. The summed E-state index contributed by atoms with van der Waals surface area (Å²) in [5.74, 6) is 0.895. The van der Waals surface area contributed by atoms with E-state index in [1.807, 2.05) is 16.9 Å². The van der Waals surface area contributed by atoms with Crippen LogP contribution >= 0.6 is 0 Å². The molecule has 0 spiro atoms. The molecule has 1 saturated heterocycles. The highest BCUT2D eigenvalue weighted by molar-refractivity contribution is 5.79. The summed E-state index contributed by atoms with van der Waals surface area (Å²) in [6, 6.07) is 13.2. The maximum absolute atomic E-state index is 4.83. The van der Waals surface area contributed by atoms with Crippen molar-refractivity contribution in [2.45, 2.75) is 38.9 Å². The van der Waals surface area contributed by atoms with Crippen LogP contribution in [-0.2, 0) is 13.1 Å². The third-order valence-corrected chi connectivity index (χ3v) is 4.72. The number of aromatic nitrogens is 2. The minimum absolute atomic E-state index is 0.525. The molecule has 0 aliphatic carbocycles. The van der Waals surface area contributed by atoms with Crippen molar-refractivity contribution < 1.29 is 0 Å². The number of nitrogens with one attached hydrogen (secondary N) is 2. The van der Waals surface area contributed by atoms with E-state index in [0.717, 1.165) is 38.7 Å². The standard InChI is InChI=1S/C20H30N6/c1-2-21-20(22-12-15-26-14-7-11-24-26)23-16-19-10-6-13-25(19)17-18-8-4-3-5-9-18/h3-5,7-9,11,14,19H,2,6,10,12-13,15-17H2,1H3,(H2,21,22,23). The van der Waals surface area contributed by atoms with E-state index in [0.29, 0.717) is 6.04 Å². The average Bonchev–Trinajstić information content (AvgIpc) is 3.33. The molecule has 6 heteroatoms. The molecule has 1 aromatic carbocycles. The van der Waals surface area contributed by atoms with Gasteiger partial charge in [0.25, 0.3) is 0 Å². The number of nitrogens with zero attached hydrogens (tertiary/aromatic N) is 4. The normalized spacial score (nSPS) is 18.2. The van der Waals surface area contributed by atoms with Crippen LogP contribution in [0.15, 0.2) is 53.8 Å². The summed E-state index contributed by atoms with van der Waals surface area (Å²) >= 11 is 0. The summed E-state index contributed by atoms with van der Waals surface area (Å²) < 4.78 is 1.93. The molecular formula is C20H30N6. The van der Waals surface area contributed by atoms with Gasteiger partial charge in [0.15, 0.2) is 5.96 Å². The second-order valence-corrected chi connectivity index (χ2v) is 6.67. The minimum atomic E-state index is 0.525. The van der Waals surface area contributed by atoms with Crippen LogP contribution in [0.5, 0.6) is 0 Å². The van der Waals surface area contributed by atoms with Gasteiger partial charge < -0.3 is 10.6 Å². The number of hydrogen-bond acceptors (Lipinski definition) is 3. The van der Waals surface area contributed by atoms with Crippen LogP contribution in [0.3, 0.4) is 0 Å². The lowest BCUT2D eigenvalue weighted by atomic mass is 10.2. The van der Waals surface area contributed by atoms with Gasteiger partial charge in [0.2, 0.25) is 0 Å². The summed E-state index contributed by atoms with van der Waals surface area (Å²) in [5, 5.41) is 11.0. The molecule has 0 saturated carbocycles. The molecule has 1 atom stereocenters. The van der Waals surface area contributed by atoms with E-state index in [1.54, 1.807) is 6.20 Å². The van der Waals surface area contributed by atoms with Gasteiger partial charge in [-0.2, -0.15) is 5.10 Å². The Hall–Kier alpha value is -2.34. The molecule has 1 aromatic heterocycles. The molecule has 1 fully saturated rings. The zero-order chi connectivity index (χ0) is 18.0. The lowest BCUT2D eigenvalue weighted by Gasteiger charge is -2.23. The fraction of sp³-hybridized carbons (Fsp3) is 0.500. The van der Waals surface area contributed by atoms with E-state index in [4.69, 9.17) is 4.99 Å². The third-order valence-electron chi connectivity index (χ3n) is 4.72. The maximum atomic E-state index is 4.83. The molecule has 2 aromatic rings. The van der Waals surface area contributed by atoms with Crippen LogP contribution in [0.4, 0.5) is 0 Å². The van der Waals surface area contributed by atoms with Gasteiger partial charge in [0.05, 0.1) is 13.1 Å². The first kappa shape index (κ1) is 18.5. The second-order valence-electron chi connectivity index (χ2n) is 6.67. The highest BCUT2D eigenvalue weighted by Crippen LogP contribution is 2.20. The fourth-order valence-electron chi connectivity index (χ4n) is 3.39. The summed E-state index contributed by atoms with van der Waals surface area (Å²) in [5.41, 5.74) is 1.38. The topological polar surface area (TPSA) is 57.5 Å². The molecule has 1 aliphatic rings. The molecule has 2 heterocycles. The number of guanidine groups is 1. The maximum Gasteiger partial charge on any atom is 0.191 e. The number of benzene rings is 1. The van der Waals surface area contributed by atoms with E-state index >= 15 is 0 Å². The Morgan fingerprint density at radius 1 is 1.23 bits per heavy atom. The molecule has 3 rings (SSSR count). The molecule has 0 amide bonds. The van der Waals surface area contributed by atoms with Crippen molar-refractivity contribution >= 4 is 5.96 Å². The zero-order valence-corrected chi connectivity index (χ0v) is 15.6. The first-order valence-corrected chi connectivity index (χ1v) is 9.62. The highest BCUT2D eigenvalue weighted by atomic mass is 15.3. The van der Waals surface area contributed by atoms with Crippen molar-refractivity contribution in [3.8, 4) is 0 Å². The Labute approximate surface area is 156 Å². The molecule has 2 N–H and O–H groups in total. The third kappa shape index (κ3) is 5.59. The van der Waals surface area contributed by atoms with E-state index in [9.17, 15) is 0 Å². The van der Waals surface area contributed by atoms with Crippen LogP contribution in [0.1, 0.15) is 25.3 Å². The SMILES string of the molecule is CCNC(=NCC1CCCN1Cc1ccccc1)NCCn1cccn1. The number of aliphatic imine (C=N–C) groups is 1. The second kappa shape index (κ2) is 9.97. The largest absolute Gasteiger partial charge is 0.357 e. The molecule has 1 aliphatic heterocycles. The van der Waals surface area contributed by atoms with Crippen LogP contribution in [-0.4, -0.2) is 52.9 Å². The molecule has 6 nitrogen and oxygen atoms in total. The van der Waals surface area contributed by atoms with Gasteiger partial charge in [0, 0.05) is 38.1 Å². The summed E-state index contributed by atoms with van der Waals surface area (Å²) in [6.45, 7) is 7.63. The highest BCUT2D eigenvalue weighted by Gasteiger charge is 2.24. The van der Waals surface area contributed by atoms with Crippen molar-refractivity contribution in [1.82, 2.24) is 25.3 Å². The number of likely N-dealkylation sites (tertiary alicyclic amines) is 1. The lowest BCUT2D eigenvalue weighted by Crippen LogP contribution is -2.40. The quantitative estimate of drug-likeness (QED) is 0.563. The van der Waals surface area contributed by atoms with Crippen molar-refractivity contribution in [2.24, 2.45) is 4.99 Å². The van der Waals surface area contributed by atoms with E-state index in [2.05, 4.69) is 57.9 Å². The van der Waals surface area contributed by atoms with Crippen LogP contribution in [0, 0.1) is 0 Å². The number of hydrogen-bond donors (Lipinski definition) is 2. The van der Waals surface area contributed by atoms with E-state index < -0.39 is 0 Å². The van der Waals surface area contributed by atoms with Gasteiger partial charge in [-0.05, 0) is 37.9 Å². The lowest BCUT2D eigenvalue weighted by molar-refractivity contribution is 0.250. The fourth-order valence-corrected chi connectivity index (χ4v) is 3.39. The molecular weight excluding hydrogens is 324 g/mol. The molecule has 26 heavy (non-hydrogen) atoms. The zero-order valence-electron chi connectivity index (χ0n) is 15.6. The van der Waals surface area contributed by atoms with Gasteiger partial charge in [-0.1, -0.05) is 30.3 Å². The smallest absolute Gasteiger partial charge is 0.191 e. The van der Waals surface area contributed by atoms with E-state index in [-0.39, 0.29) is 0 Å². The van der Waals surface area contributed by atoms with Crippen molar-refractivity contribution in [3.63, 3.8) is 0 Å². The number of rotatable bonds is 8. The van der Waals surface area contributed by atoms with Crippen LogP contribution in [0.25, 0.3) is 0 Å². The molecule has 0 bridgehead atoms. The van der Waals surface area contributed by atoms with Crippen molar-refractivity contribution in [1.29, 1.82) is 0 Å². The summed E-state index contributed by atoms with van der Waals surface area (Å²) in [4.78, 5) is 7.39. The van der Waals surface area contributed by atoms with Crippen LogP contribution in [0.2, 0.25) is 0 Å². The predicted octanol–water partition coefficient (Wildman–Crippen LogP) is 2.10. The Morgan fingerprint density at radius 3 is 2.88 bits per heavy atom. The Morgan fingerprint density at radius 2 is 2.12 bits per heavy atom. The minimum Gasteiger partial charge on any atom is -0.357 e. The first-order valence-electron chi connectivity index (χ1n) is 9.62. The first-order chi connectivity index (χ1) is 12.8. The monoisotopic (exact) mass is 354 g/mol.